The number of benzene rings is 2. The molecule has 1 saturated heterocycles. The highest BCUT2D eigenvalue weighted by Gasteiger charge is 2.37. The minimum Gasteiger partial charge on any atom is -0.478 e. The number of nitrogens with zero attached hydrogens (tertiary/aromatic N) is 3. The highest BCUT2D eigenvalue weighted by molar-refractivity contribution is 7.22. The molecule has 2 aromatic carbocycles. The molecule has 2 atom stereocenters. The van der Waals surface area contributed by atoms with Gasteiger partial charge in [-0.25, -0.2) is 19.0 Å². The third-order valence-corrected chi connectivity index (χ3v) is 9.61. The lowest BCUT2D eigenvalue weighted by molar-refractivity contribution is 0.0205. The van der Waals surface area contributed by atoms with Crippen LogP contribution in [0.15, 0.2) is 34.9 Å². The smallest absolute Gasteiger partial charge is 0.344 e. The van der Waals surface area contributed by atoms with Crippen LogP contribution in [0, 0.1) is 5.82 Å². The molecule has 0 spiro atoms. The second-order valence-corrected chi connectivity index (χ2v) is 12.2. The fourth-order valence-electron chi connectivity index (χ4n) is 5.54. The summed E-state index contributed by atoms with van der Waals surface area (Å²) in [5.74, 6) is -1.77. The number of anilines is 1. The number of ether oxygens (including phenoxy) is 1. The lowest BCUT2D eigenvalue weighted by Crippen LogP contribution is -2.45. The van der Waals surface area contributed by atoms with Crippen molar-refractivity contribution in [1.29, 1.82) is 0 Å². The Balaban J connectivity index is 1.24. The van der Waals surface area contributed by atoms with Crippen LogP contribution in [0.25, 0.3) is 21.5 Å². The first-order valence-electron chi connectivity index (χ1n) is 13.5. The predicted molar refractivity (Wildman–Crippen MR) is 155 cm³/mol. The van der Waals surface area contributed by atoms with E-state index in [1.54, 1.807) is 18.2 Å². The lowest BCUT2D eigenvalue weighted by atomic mass is 9.81. The van der Waals surface area contributed by atoms with Gasteiger partial charge in [0.05, 0.1) is 20.3 Å². The summed E-state index contributed by atoms with van der Waals surface area (Å²) < 4.78 is 26.9. The summed E-state index contributed by atoms with van der Waals surface area (Å²) in [5, 5.41) is 14.9. The van der Waals surface area contributed by atoms with Gasteiger partial charge < -0.3 is 19.3 Å². The number of carbonyl (C=O) groups excluding carboxylic acids is 1. The number of carboxylic acid groups (broad SMARTS) is 1. The van der Waals surface area contributed by atoms with E-state index in [1.165, 1.54) is 17.4 Å². The quantitative estimate of drug-likeness (QED) is 0.208. The van der Waals surface area contributed by atoms with E-state index in [4.69, 9.17) is 32.5 Å². The van der Waals surface area contributed by atoms with Crippen molar-refractivity contribution in [3.8, 4) is 11.3 Å². The summed E-state index contributed by atoms with van der Waals surface area (Å²) in [4.78, 5) is 31.7. The van der Waals surface area contributed by atoms with Crippen molar-refractivity contribution in [1.82, 2.24) is 10.1 Å². The standard InChI is InChI=1S/C29H26Cl2FN3O5S/c1-2-16-13-17(9-10-35(16)29-33-24-20(32)11-15(27(36)37)12-21(24)41-29)39-28(38)23-25(22-18(30)7-4-8-19(22)31)34-40-26(23)14-5-3-6-14/h4,7-8,11-12,14,16-17H,2-3,5-6,9-10,13H2,1H3,(H,36,37)/t16-,17-/m1/s1. The number of piperidine rings is 1. The maximum Gasteiger partial charge on any atom is 0.344 e. The molecule has 1 aliphatic carbocycles. The highest BCUT2D eigenvalue weighted by Crippen LogP contribution is 2.44. The van der Waals surface area contributed by atoms with Crippen LogP contribution in [-0.2, 0) is 4.74 Å². The molecule has 1 N–H and O–H groups in total. The first-order chi connectivity index (χ1) is 19.7. The minimum absolute atomic E-state index is 0.0184. The van der Waals surface area contributed by atoms with Gasteiger partial charge in [-0.2, -0.15) is 0 Å². The molecule has 2 aliphatic rings. The van der Waals surface area contributed by atoms with Crippen molar-refractivity contribution in [2.24, 2.45) is 0 Å². The van der Waals surface area contributed by atoms with Gasteiger partial charge in [0.15, 0.2) is 16.7 Å². The van der Waals surface area contributed by atoms with Crippen LogP contribution in [0.5, 0.6) is 0 Å². The zero-order valence-corrected chi connectivity index (χ0v) is 24.4. The van der Waals surface area contributed by atoms with Crippen molar-refractivity contribution in [3.63, 3.8) is 0 Å². The Hall–Kier alpha value is -3.21. The van der Waals surface area contributed by atoms with E-state index >= 15 is 0 Å². The summed E-state index contributed by atoms with van der Waals surface area (Å²) >= 11 is 14.2. The van der Waals surface area contributed by atoms with Gasteiger partial charge in [-0.3, -0.25) is 0 Å². The Labute approximate surface area is 249 Å². The number of thiazole rings is 1. The van der Waals surface area contributed by atoms with E-state index < -0.39 is 17.8 Å². The fraction of sp³-hybridized carbons (Fsp3) is 0.379. The number of rotatable bonds is 7. The molecule has 0 amide bonds. The molecular formula is C29H26Cl2FN3O5S. The fourth-order valence-corrected chi connectivity index (χ4v) is 7.23. The Bertz CT molecular complexity index is 1630. The third-order valence-electron chi connectivity index (χ3n) is 7.94. The summed E-state index contributed by atoms with van der Waals surface area (Å²) in [5.41, 5.74) is 1.04. The Morgan fingerprint density at radius 3 is 2.63 bits per heavy atom. The molecule has 12 heteroatoms. The van der Waals surface area contributed by atoms with E-state index in [0.29, 0.717) is 50.6 Å². The number of carboxylic acids is 1. The topological polar surface area (TPSA) is 106 Å². The zero-order chi connectivity index (χ0) is 28.8. The Morgan fingerprint density at radius 2 is 1.98 bits per heavy atom. The average Bonchev–Trinajstić information content (AvgIpc) is 3.53. The van der Waals surface area contributed by atoms with Gasteiger partial charge in [0, 0.05) is 36.9 Å². The van der Waals surface area contributed by atoms with E-state index in [2.05, 4.69) is 15.0 Å². The predicted octanol–water partition coefficient (Wildman–Crippen LogP) is 7.97. The van der Waals surface area contributed by atoms with Crippen molar-refractivity contribution in [2.75, 3.05) is 11.4 Å². The molecule has 3 heterocycles. The zero-order valence-electron chi connectivity index (χ0n) is 22.0. The second kappa shape index (κ2) is 11.2. The van der Waals surface area contributed by atoms with Crippen molar-refractivity contribution >= 4 is 61.8 Å². The molecule has 6 rings (SSSR count). The van der Waals surface area contributed by atoms with Crippen LogP contribution in [-0.4, -0.2) is 45.9 Å². The molecule has 1 aliphatic heterocycles. The maximum absolute atomic E-state index is 14.6. The van der Waals surface area contributed by atoms with Crippen LogP contribution in [0.3, 0.4) is 0 Å². The number of esters is 1. The first-order valence-corrected chi connectivity index (χ1v) is 15.1. The number of aromatic carboxylic acids is 1. The van der Waals surface area contributed by atoms with Crippen LogP contribution >= 0.6 is 34.5 Å². The SMILES string of the molecule is CC[C@@H]1C[C@H](OC(=O)c2c(-c3c(Cl)cccc3Cl)noc2C2CCC2)CCN1c1nc2c(F)cc(C(=O)O)cc2s1. The van der Waals surface area contributed by atoms with Gasteiger partial charge >= 0.3 is 11.9 Å². The summed E-state index contributed by atoms with van der Waals surface area (Å²) in [6, 6.07) is 7.52. The Morgan fingerprint density at radius 1 is 1.22 bits per heavy atom. The monoisotopic (exact) mass is 617 g/mol. The van der Waals surface area contributed by atoms with Crippen LogP contribution < -0.4 is 4.90 Å². The number of carbonyl (C=O) groups is 2. The van der Waals surface area contributed by atoms with Gasteiger partial charge in [0.1, 0.15) is 22.9 Å². The van der Waals surface area contributed by atoms with Gasteiger partial charge in [0.25, 0.3) is 0 Å². The minimum atomic E-state index is -1.19. The normalized spacial score (nSPS) is 19.4. The van der Waals surface area contributed by atoms with Crippen molar-refractivity contribution in [3.05, 3.63) is 63.1 Å². The molecule has 214 valence electrons. The average molecular weight is 619 g/mol. The van der Waals surface area contributed by atoms with E-state index in [1.807, 2.05) is 6.92 Å². The number of hydrogen-bond acceptors (Lipinski definition) is 8. The number of aromatic nitrogens is 2. The molecule has 41 heavy (non-hydrogen) atoms. The second-order valence-electron chi connectivity index (χ2n) is 10.4. The molecule has 0 bridgehead atoms. The third kappa shape index (κ3) is 5.17. The molecule has 0 unspecified atom stereocenters. The van der Waals surface area contributed by atoms with E-state index in [-0.39, 0.29) is 40.4 Å². The number of halogens is 3. The summed E-state index contributed by atoms with van der Waals surface area (Å²) in [7, 11) is 0. The largest absolute Gasteiger partial charge is 0.478 e. The summed E-state index contributed by atoms with van der Waals surface area (Å²) in [6.07, 6.45) is 4.31. The van der Waals surface area contributed by atoms with E-state index in [0.717, 1.165) is 31.7 Å². The number of hydrogen-bond donors (Lipinski definition) is 1. The Kier molecular flexibility index (Phi) is 7.65. The number of fused-ring (bicyclic) bond motifs is 1. The summed E-state index contributed by atoms with van der Waals surface area (Å²) in [6.45, 7) is 2.57. The van der Waals surface area contributed by atoms with Gasteiger partial charge in [-0.05, 0) is 43.5 Å². The van der Waals surface area contributed by atoms with Crippen molar-refractivity contribution in [2.45, 2.75) is 63.5 Å². The molecule has 2 aromatic heterocycles. The van der Waals surface area contributed by atoms with E-state index in [9.17, 15) is 19.1 Å². The molecular weight excluding hydrogens is 592 g/mol. The highest BCUT2D eigenvalue weighted by atomic mass is 35.5. The maximum atomic E-state index is 14.6. The molecule has 1 saturated carbocycles. The van der Waals surface area contributed by atoms with Crippen molar-refractivity contribution < 1.29 is 28.3 Å². The van der Waals surface area contributed by atoms with Crippen LogP contribution in [0.1, 0.15) is 77.8 Å². The van der Waals surface area contributed by atoms with Crippen LogP contribution in [0.4, 0.5) is 9.52 Å². The molecule has 8 nitrogen and oxygen atoms in total. The first kappa shape index (κ1) is 27.9. The van der Waals surface area contributed by atoms with Gasteiger partial charge in [0.2, 0.25) is 0 Å². The lowest BCUT2D eigenvalue weighted by Gasteiger charge is -2.38. The van der Waals surface area contributed by atoms with Crippen LogP contribution in [0.2, 0.25) is 10.0 Å². The molecule has 4 aromatic rings. The molecule has 0 radical (unpaired) electrons. The van der Waals surface area contributed by atoms with Gasteiger partial charge in [-0.1, -0.05) is 59.1 Å². The molecule has 2 fully saturated rings. The van der Waals surface area contributed by atoms with Gasteiger partial charge in [-0.15, -0.1) is 0 Å².